The topological polar surface area (TPSA) is 84.7 Å². The first kappa shape index (κ1) is 15.7. The number of urea groups is 1. The van der Waals surface area contributed by atoms with Crippen LogP contribution in [0.3, 0.4) is 0 Å². The van der Waals surface area contributed by atoms with Crippen molar-refractivity contribution in [2.45, 2.75) is 24.4 Å². The predicted molar refractivity (Wildman–Crippen MR) is 81.2 cm³/mol. The van der Waals surface area contributed by atoms with Gasteiger partial charge in [0.15, 0.2) is 0 Å². The summed E-state index contributed by atoms with van der Waals surface area (Å²) in [5, 5.41) is 2.83. The Balaban J connectivity index is 1.60. The number of benzene rings is 1. The fourth-order valence-corrected chi connectivity index (χ4v) is 3.01. The maximum Gasteiger partial charge on any atom is 0.314 e. The van der Waals surface area contributed by atoms with E-state index >= 15 is 0 Å². The Kier molecular flexibility index (Phi) is 4.21. The lowest BCUT2D eigenvalue weighted by Crippen LogP contribution is -2.52. The van der Waals surface area contributed by atoms with E-state index in [2.05, 4.69) is 5.32 Å². The van der Waals surface area contributed by atoms with Crippen molar-refractivity contribution in [1.29, 1.82) is 0 Å². The molecule has 0 radical (unpaired) electrons. The number of carbonyl (C=O) groups excluding carboxylic acids is 2. The van der Waals surface area contributed by atoms with Crippen molar-refractivity contribution in [3.8, 4) is 0 Å². The minimum absolute atomic E-state index is 0.192. The molecule has 6 nitrogen and oxygen atoms in total. The first-order valence-electron chi connectivity index (χ1n) is 7.72. The van der Waals surface area contributed by atoms with Gasteiger partial charge in [-0.25, -0.2) is 9.18 Å². The number of ether oxygens (including phenoxy) is 1. The number of nitrogens with zero attached hydrogens (tertiary/aromatic N) is 1. The Morgan fingerprint density at radius 3 is 2.78 bits per heavy atom. The van der Waals surface area contributed by atoms with Gasteiger partial charge in [-0.2, -0.15) is 0 Å². The predicted octanol–water partition coefficient (Wildman–Crippen LogP) is 0.753. The van der Waals surface area contributed by atoms with Gasteiger partial charge >= 0.3 is 6.03 Å². The number of amides is 3. The summed E-state index contributed by atoms with van der Waals surface area (Å²) >= 11 is 0. The van der Waals surface area contributed by atoms with Gasteiger partial charge < -0.3 is 20.7 Å². The van der Waals surface area contributed by atoms with Crippen molar-refractivity contribution in [2.75, 3.05) is 26.2 Å². The van der Waals surface area contributed by atoms with Gasteiger partial charge in [0.05, 0.1) is 24.7 Å². The smallest absolute Gasteiger partial charge is 0.314 e. The van der Waals surface area contributed by atoms with Crippen molar-refractivity contribution in [3.05, 3.63) is 35.6 Å². The zero-order valence-electron chi connectivity index (χ0n) is 12.8. The number of nitrogens with two attached hydrogens (primary N) is 1. The molecule has 0 spiro atoms. The molecule has 2 fully saturated rings. The molecule has 1 aromatic rings. The quantitative estimate of drug-likeness (QED) is 0.858. The molecule has 124 valence electrons. The Morgan fingerprint density at radius 1 is 1.39 bits per heavy atom. The lowest BCUT2D eigenvalue weighted by atomic mass is 9.94. The van der Waals surface area contributed by atoms with E-state index in [0.717, 1.165) is 0 Å². The molecule has 7 heteroatoms. The third kappa shape index (κ3) is 3.14. The molecule has 3 N–H and O–H groups in total. The normalized spacial score (nSPS) is 22.5. The van der Waals surface area contributed by atoms with Crippen LogP contribution in [0.1, 0.15) is 18.4 Å². The Hall–Kier alpha value is -2.15. The summed E-state index contributed by atoms with van der Waals surface area (Å²) in [5.41, 5.74) is 4.94. The fourth-order valence-electron chi connectivity index (χ4n) is 3.01. The SMILES string of the molecule is NC(=O)N1CCOC(CNC(=O)C2(c3ccccc3F)CC2)C1. The van der Waals surface area contributed by atoms with E-state index in [1.807, 2.05) is 0 Å². The monoisotopic (exact) mass is 321 g/mol. The highest BCUT2D eigenvalue weighted by molar-refractivity contribution is 5.91. The number of primary amides is 1. The van der Waals surface area contributed by atoms with Crippen molar-refractivity contribution < 1.29 is 18.7 Å². The molecule has 1 saturated carbocycles. The highest BCUT2D eigenvalue weighted by Gasteiger charge is 2.52. The highest BCUT2D eigenvalue weighted by Crippen LogP contribution is 2.49. The minimum atomic E-state index is -0.761. The van der Waals surface area contributed by atoms with Gasteiger partial charge in [0, 0.05) is 18.7 Å². The third-order valence-corrected chi connectivity index (χ3v) is 4.51. The van der Waals surface area contributed by atoms with Gasteiger partial charge in [-0.1, -0.05) is 18.2 Å². The summed E-state index contributed by atoms with van der Waals surface area (Å²) in [5.74, 6) is -0.545. The molecule has 1 unspecified atom stereocenters. The average Bonchev–Trinajstić information content (AvgIpc) is 3.35. The lowest BCUT2D eigenvalue weighted by Gasteiger charge is -2.32. The first-order valence-corrected chi connectivity index (χ1v) is 7.72. The van der Waals surface area contributed by atoms with Crippen molar-refractivity contribution >= 4 is 11.9 Å². The molecule has 3 rings (SSSR count). The molecule has 1 aliphatic carbocycles. The summed E-state index contributed by atoms with van der Waals surface area (Å²) in [6.45, 7) is 1.47. The molecule has 1 saturated heterocycles. The maximum absolute atomic E-state index is 14.0. The van der Waals surface area contributed by atoms with Crippen LogP contribution in [-0.2, 0) is 14.9 Å². The fraction of sp³-hybridized carbons (Fsp3) is 0.500. The van der Waals surface area contributed by atoms with E-state index in [1.165, 1.54) is 11.0 Å². The zero-order valence-corrected chi connectivity index (χ0v) is 12.8. The molecule has 1 aromatic carbocycles. The largest absolute Gasteiger partial charge is 0.373 e. The summed E-state index contributed by atoms with van der Waals surface area (Å²) in [7, 11) is 0. The van der Waals surface area contributed by atoms with Crippen LogP contribution in [0.25, 0.3) is 0 Å². The highest BCUT2D eigenvalue weighted by atomic mass is 19.1. The van der Waals surface area contributed by atoms with Crippen LogP contribution in [0.4, 0.5) is 9.18 Å². The van der Waals surface area contributed by atoms with Crippen LogP contribution in [0.5, 0.6) is 0 Å². The van der Waals surface area contributed by atoms with Gasteiger partial charge in [0.25, 0.3) is 0 Å². The summed E-state index contributed by atoms with van der Waals surface area (Å²) in [4.78, 5) is 25.2. The van der Waals surface area contributed by atoms with E-state index in [-0.39, 0.29) is 24.4 Å². The third-order valence-electron chi connectivity index (χ3n) is 4.51. The number of morpholine rings is 1. The van der Waals surface area contributed by atoms with Gasteiger partial charge in [-0.3, -0.25) is 4.79 Å². The summed E-state index contributed by atoms with van der Waals surface area (Å²) < 4.78 is 19.5. The number of nitrogens with one attached hydrogen (secondary N) is 1. The van der Waals surface area contributed by atoms with Crippen LogP contribution in [0.15, 0.2) is 24.3 Å². The van der Waals surface area contributed by atoms with Crippen molar-refractivity contribution in [3.63, 3.8) is 0 Å². The molecular weight excluding hydrogens is 301 g/mol. The molecule has 2 aliphatic rings. The summed E-state index contributed by atoms with van der Waals surface area (Å²) in [6, 6.07) is 5.89. The molecule has 1 heterocycles. The molecule has 23 heavy (non-hydrogen) atoms. The zero-order chi connectivity index (χ0) is 16.4. The van der Waals surface area contributed by atoms with E-state index < -0.39 is 11.4 Å². The number of halogens is 1. The first-order chi connectivity index (χ1) is 11.0. The second-order valence-corrected chi connectivity index (χ2v) is 6.05. The Morgan fingerprint density at radius 2 is 2.13 bits per heavy atom. The van der Waals surface area contributed by atoms with Crippen molar-refractivity contribution in [1.82, 2.24) is 10.2 Å². The van der Waals surface area contributed by atoms with E-state index in [1.54, 1.807) is 18.2 Å². The van der Waals surface area contributed by atoms with Crippen LogP contribution in [0, 0.1) is 5.82 Å². The lowest BCUT2D eigenvalue weighted by molar-refractivity contribution is -0.124. The van der Waals surface area contributed by atoms with Gasteiger partial charge in [0.1, 0.15) is 5.82 Å². The standard InChI is InChI=1S/C16H20FN3O3/c17-13-4-2-1-3-12(13)16(5-6-16)14(21)19-9-11-10-20(15(18)22)7-8-23-11/h1-4,11H,5-10H2,(H2,18,22)(H,19,21). The van der Waals surface area contributed by atoms with Crippen LogP contribution in [-0.4, -0.2) is 49.2 Å². The van der Waals surface area contributed by atoms with Crippen LogP contribution < -0.4 is 11.1 Å². The molecular formula is C16H20FN3O3. The second-order valence-electron chi connectivity index (χ2n) is 6.05. The number of carbonyl (C=O) groups is 2. The average molecular weight is 321 g/mol. The molecule has 0 aromatic heterocycles. The van der Waals surface area contributed by atoms with Gasteiger partial charge in [-0.15, -0.1) is 0 Å². The van der Waals surface area contributed by atoms with E-state index in [9.17, 15) is 14.0 Å². The Bertz CT molecular complexity index is 618. The number of hydrogen-bond donors (Lipinski definition) is 2. The van der Waals surface area contributed by atoms with Crippen LogP contribution in [0.2, 0.25) is 0 Å². The summed E-state index contributed by atoms with van der Waals surface area (Å²) in [6.07, 6.45) is 0.980. The minimum Gasteiger partial charge on any atom is -0.373 e. The van der Waals surface area contributed by atoms with Gasteiger partial charge in [0.2, 0.25) is 5.91 Å². The molecule has 3 amide bonds. The van der Waals surface area contributed by atoms with E-state index in [4.69, 9.17) is 10.5 Å². The maximum atomic E-state index is 14.0. The number of rotatable bonds is 4. The Labute approximate surface area is 133 Å². The van der Waals surface area contributed by atoms with Gasteiger partial charge in [-0.05, 0) is 18.9 Å². The second kappa shape index (κ2) is 6.16. The van der Waals surface area contributed by atoms with E-state index in [0.29, 0.717) is 38.1 Å². The molecule has 0 bridgehead atoms. The number of hydrogen-bond acceptors (Lipinski definition) is 3. The molecule has 1 aliphatic heterocycles. The van der Waals surface area contributed by atoms with Crippen molar-refractivity contribution in [2.24, 2.45) is 5.73 Å². The molecule has 1 atom stereocenters. The van der Waals surface area contributed by atoms with Crippen LogP contribution >= 0.6 is 0 Å².